The lowest BCUT2D eigenvalue weighted by Crippen LogP contribution is -2.03. The molecule has 0 aliphatic heterocycles. The molecule has 0 amide bonds. The average Bonchev–Trinajstić information content (AvgIpc) is 3.17. The minimum Gasteiger partial charge on any atom is -0.382 e. The Bertz CT molecular complexity index is 914. The number of imidazole rings is 1. The maximum absolute atomic E-state index is 6.01. The lowest BCUT2D eigenvalue weighted by atomic mass is 10.3. The highest BCUT2D eigenvalue weighted by atomic mass is 32.1. The van der Waals surface area contributed by atoms with Crippen LogP contribution in [0.25, 0.3) is 16.9 Å². The van der Waals surface area contributed by atoms with Gasteiger partial charge in [0.15, 0.2) is 17.0 Å². The summed E-state index contributed by atoms with van der Waals surface area (Å²) in [7, 11) is 0. The van der Waals surface area contributed by atoms with Gasteiger partial charge in [0, 0.05) is 11.1 Å². The number of nitrogen functional groups attached to an aromatic ring is 1. The second kappa shape index (κ2) is 5.12. The lowest BCUT2D eigenvalue weighted by Gasteiger charge is -2.06. The van der Waals surface area contributed by atoms with Crippen molar-refractivity contribution in [3.8, 4) is 5.69 Å². The van der Waals surface area contributed by atoms with Gasteiger partial charge in [-0.15, -0.1) is 0 Å². The summed E-state index contributed by atoms with van der Waals surface area (Å²) in [4.78, 5) is 13.1. The first kappa shape index (κ1) is 12.8. The van der Waals surface area contributed by atoms with Gasteiger partial charge in [-0.25, -0.2) is 4.98 Å². The van der Waals surface area contributed by atoms with Crippen molar-refractivity contribution in [3.05, 3.63) is 53.5 Å². The maximum atomic E-state index is 6.01. The van der Waals surface area contributed by atoms with Crippen molar-refractivity contribution in [3.63, 3.8) is 0 Å². The largest absolute Gasteiger partial charge is 0.382 e. The van der Waals surface area contributed by atoms with E-state index in [0.29, 0.717) is 22.9 Å². The molecule has 0 unspecified atom stereocenters. The molecule has 108 valence electrons. The Balaban J connectivity index is 1.82. The van der Waals surface area contributed by atoms with Gasteiger partial charge in [-0.2, -0.15) is 21.3 Å². The molecule has 4 rings (SSSR count). The van der Waals surface area contributed by atoms with Crippen LogP contribution in [0.4, 0.5) is 17.5 Å². The van der Waals surface area contributed by atoms with Crippen molar-refractivity contribution in [1.29, 1.82) is 0 Å². The predicted molar refractivity (Wildman–Crippen MR) is 88.7 cm³/mol. The van der Waals surface area contributed by atoms with Crippen LogP contribution in [0.2, 0.25) is 0 Å². The van der Waals surface area contributed by atoms with E-state index in [4.69, 9.17) is 5.73 Å². The van der Waals surface area contributed by atoms with Gasteiger partial charge in [0.2, 0.25) is 5.95 Å². The number of hydrogen-bond donors (Lipinski definition) is 2. The van der Waals surface area contributed by atoms with Gasteiger partial charge < -0.3 is 11.1 Å². The molecule has 0 aliphatic rings. The number of nitrogens with one attached hydrogen (secondary N) is 1. The minimum absolute atomic E-state index is 0.359. The van der Waals surface area contributed by atoms with Crippen LogP contribution in [0.15, 0.2) is 53.5 Å². The van der Waals surface area contributed by atoms with E-state index in [1.807, 2.05) is 51.7 Å². The third kappa shape index (κ3) is 2.17. The highest BCUT2D eigenvalue weighted by molar-refractivity contribution is 7.08. The zero-order chi connectivity index (χ0) is 14.9. The summed E-state index contributed by atoms with van der Waals surface area (Å²) in [5, 5.41) is 7.20. The zero-order valence-electron chi connectivity index (χ0n) is 11.5. The normalized spacial score (nSPS) is 10.9. The van der Waals surface area contributed by atoms with Crippen LogP contribution in [-0.2, 0) is 0 Å². The fourth-order valence-electron chi connectivity index (χ4n) is 2.21. The number of para-hydroxylation sites is 1. The van der Waals surface area contributed by atoms with E-state index >= 15 is 0 Å². The Morgan fingerprint density at radius 1 is 1.09 bits per heavy atom. The summed E-state index contributed by atoms with van der Waals surface area (Å²) in [6.45, 7) is 0. The summed E-state index contributed by atoms with van der Waals surface area (Å²) in [5.41, 5.74) is 9.22. The van der Waals surface area contributed by atoms with Gasteiger partial charge in [-0.1, -0.05) is 18.2 Å². The summed E-state index contributed by atoms with van der Waals surface area (Å²) in [5.74, 6) is 0.811. The Morgan fingerprint density at radius 2 is 1.95 bits per heavy atom. The van der Waals surface area contributed by atoms with E-state index in [9.17, 15) is 0 Å². The van der Waals surface area contributed by atoms with E-state index < -0.39 is 0 Å². The number of nitrogens with two attached hydrogens (primary N) is 1. The van der Waals surface area contributed by atoms with Crippen molar-refractivity contribution in [2.45, 2.75) is 0 Å². The smallest absolute Gasteiger partial charge is 0.231 e. The maximum Gasteiger partial charge on any atom is 0.231 e. The van der Waals surface area contributed by atoms with Crippen molar-refractivity contribution < 1.29 is 0 Å². The third-order valence-corrected chi connectivity index (χ3v) is 3.91. The second-order valence-corrected chi connectivity index (χ2v) is 5.47. The fourth-order valence-corrected chi connectivity index (χ4v) is 2.84. The molecule has 0 aliphatic carbocycles. The Morgan fingerprint density at radius 3 is 2.73 bits per heavy atom. The number of hydrogen-bond acceptors (Lipinski definition) is 6. The first-order chi connectivity index (χ1) is 10.8. The molecule has 7 heteroatoms. The first-order valence-corrected chi connectivity index (χ1v) is 7.61. The lowest BCUT2D eigenvalue weighted by molar-refractivity contribution is 1.07. The summed E-state index contributed by atoms with van der Waals surface area (Å²) in [6, 6.07) is 11.7. The third-order valence-electron chi connectivity index (χ3n) is 3.24. The van der Waals surface area contributed by atoms with Gasteiger partial charge in [-0.3, -0.25) is 4.57 Å². The molecule has 3 heterocycles. The second-order valence-electron chi connectivity index (χ2n) is 4.69. The Labute approximate surface area is 130 Å². The fraction of sp³-hybridized carbons (Fsp3) is 0. The number of rotatable bonds is 3. The molecular formula is C15H12N6S. The molecule has 4 aromatic rings. The molecule has 0 bridgehead atoms. The SMILES string of the molecule is Nc1nc(Nc2ccccc2)nc2c1ncn2-c1ccsc1. The highest BCUT2D eigenvalue weighted by Gasteiger charge is 2.12. The quantitative estimate of drug-likeness (QED) is 0.607. The van der Waals surface area contributed by atoms with Crippen LogP contribution < -0.4 is 11.1 Å². The molecule has 0 atom stereocenters. The van der Waals surface area contributed by atoms with Gasteiger partial charge in [0.1, 0.15) is 6.33 Å². The molecular weight excluding hydrogens is 296 g/mol. The van der Waals surface area contributed by atoms with Crippen molar-refractivity contribution in [2.24, 2.45) is 0 Å². The van der Waals surface area contributed by atoms with Crippen molar-refractivity contribution in [2.75, 3.05) is 11.1 Å². The molecule has 0 spiro atoms. The van der Waals surface area contributed by atoms with E-state index in [1.54, 1.807) is 17.7 Å². The van der Waals surface area contributed by atoms with Crippen molar-refractivity contribution in [1.82, 2.24) is 19.5 Å². The predicted octanol–water partition coefficient (Wildman–Crippen LogP) is 3.20. The number of benzene rings is 1. The number of thiophene rings is 1. The summed E-state index contributed by atoms with van der Waals surface area (Å²) >= 11 is 1.62. The zero-order valence-corrected chi connectivity index (χ0v) is 12.3. The van der Waals surface area contributed by atoms with E-state index in [1.165, 1.54) is 0 Å². The first-order valence-electron chi connectivity index (χ1n) is 6.66. The molecule has 0 saturated carbocycles. The highest BCUT2D eigenvalue weighted by Crippen LogP contribution is 2.23. The van der Waals surface area contributed by atoms with Crippen LogP contribution in [0.1, 0.15) is 0 Å². The van der Waals surface area contributed by atoms with E-state index in [2.05, 4.69) is 20.3 Å². The topological polar surface area (TPSA) is 81.7 Å². The van der Waals surface area contributed by atoms with Crippen LogP contribution >= 0.6 is 11.3 Å². The van der Waals surface area contributed by atoms with Crippen LogP contribution in [0.5, 0.6) is 0 Å². The Hall–Kier alpha value is -2.93. The molecule has 1 aromatic carbocycles. The minimum atomic E-state index is 0.359. The van der Waals surface area contributed by atoms with Gasteiger partial charge in [0.25, 0.3) is 0 Å². The average molecular weight is 308 g/mol. The number of fused-ring (bicyclic) bond motifs is 1. The number of nitrogens with zero attached hydrogens (tertiary/aromatic N) is 4. The number of aromatic nitrogens is 4. The molecule has 22 heavy (non-hydrogen) atoms. The molecule has 0 fully saturated rings. The summed E-state index contributed by atoms with van der Waals surface area (Å²) in [6.07, 6.45) is 1.71. The van der Waals surface area contributed by atoms with Crippen molar-refractivity contribution >= 4 is 40.0 Å². The number of anilines is 3. The molecule has 3 N–H and O–H groups in total. The summed E-state index contributed by atoms with van der Waals surface area (Å²) < 4.78 is 1.90. The van der Waals surface area contributed by atoms with Crippen LogP contribution in [-0.4, -0.2) is 19.5 Å². The molecule has 0 radical (unpaired) electrons. The van der Waals surface area contributed by atoms with E-state index in [0.717, 1.165) is 11.4 Å². The van der Waals surface area contributed by atoms with Gasteiger partial charge in [0.05, 0.1) is 5.69 Å². The van der Waals surface area contributed by atoms with E-state index in [-0.39, 0.29) is 0 Å². The van der Waals surface area contributed by atoms with Gasteiger partial charge >= 0.3 is 0 Å². The standard InChI is InChI=1S/C15H12N6S/c16-13-12-14(21(9-17-12)11-6-7-22-8-11)20-15(19-13)18-10-4-2-1-3-5-10/h1-9H,(H3,16,18,19,20). The molecule has 0 saturated heterocycles. The Kier molecular flexibility index (Phi) is 2.97. The van der Waals surface area contributed by atoms with Gasteiger partial charge in [-0.05, 0) is 23.6 Å². The molecule has 3 aromatic heterocycles. The monoisotopic (exact) mass is 308 g/mol. The van der Waals surface area contributed by atoms with Crippen LogP contribution in [0.3, 0.4) is 0 Å². The van der Waals surface area contributed by atoms with Crippen LogP contribution in [0, 0.1) is 0 Å². The molecule has 6 nitrogen and oxygen atoms in total.